The van der Waals surface area contributed by atoms with Gasteiger partial charge in [-0.3, -0.25) is 4.99 Å². The third-order valence-corrected chi connectivity index (χ3v) is 5.30. The number of benzene rings is 2. The van der Waals surface area contributed by atoms with Crippen LogP contribution >= 0.6 is 0 Å². The van der Waals surface area contributed by atoms with Gasteiger partial charge in [-0.05, 0) is 44.5 Å². The zero-order valence-electron chi connectivity index (χ0n) is 13.9. The van der Waals surface area contributed by atoms with Crippen LogP contribution in [-0.4, -0.2) is 27.5 Å². The largest absolute Gasteiger partial charge is 0.312 e. The molecule has 0 spiro atoms. The number of hydrogen-bond donors (Lipinski definition) is 1. The maximum atomic E-state index is 12.6. The van der Waals surface area contributed by atoms with Gasteiger partial charge in [-0.2, -0.15) is 0 Å². The Morgan fingerprint density at radius 3 is 2.17 bits per heavy atom. The second-order valence-corrected chi connectivity index (χ2v) is 7.65. The van der Waals surface area contributed by atoms with Crippen LogP contribution in [0.4, 0.5) is 5.69 Å². The Kier molecular flexibility index (Phi) is 4.57. The standard InChI is InChI=1S/C18H21N3O2S/c1-14-4-8-16(9-5-14)21-13-3-12-19-18(21)20-24(22,23)17-10-6-15(2)7-11-17/h4-11H,3,12-13H2,1-2H3,(H,19,20). The predicted octanol–water partition coefficient (Wildman–Crippen LogP) is 2.85. The van der Waals surface area contributed by atoms with Crippen LogP contribution in [-0.2, 0) is 10.0 Å². The summed E-state index contributed by atoms with van der Waals surface area (Å²) in [5.41, 5.74) is 3.12. The van der Waals surface area contributed by atoms with E-state index in [1.54, 1.807) is 24.3 Å². The molecule has 0 bridgehead atoms. The van der Waals surface area contributed by atoms with Crippen molar-refractivity contribution in [3.8, 4) is 0 Å². The number of guanidine groups is 1. The lowest BCUT2D eigenvalue weighted by molar-refractivity contribution is 0.591. The van der Waals surface area contributed by atoms with Crippen LogP contribution in [0.5, 0.6) is 0 Å². The SMILES string of the molecule is Cc1ccc(N2CCCN=C2NS(=O)(=O)c2ccc(C)cc2)cc1. The van der Waals surface area contributed by atoms with Gasteiger partial charge in [0.2, 0.25) is 5.96 Å². The Morgan fingerprint density at radius 1 is 0.958 bits per heavy atom. The molecule has 2 aromatic rings. The average Bonchev–Trinajstić information content (AvgIpc) is 2.56. The first-order chi connectivity index (χ1) is 11.5. The number of sulfonamides is 1. The van der Waals surface area contributed by atoms with Gasteiger partial charge in [0.25, 0.3) is 10.0 Å². The molecule has 0 unspecified atom stereocenters. The minimum Gasteiger partial charge on any atom is -0.312 e. The lowest BCUT2D eigenvalue weighted by Crippen LogP contribution is -2.47. The number of anilines is 1. The average molecular weight is 343 g/mol. The zero-order valence-corrected chi connectivity index (χ0v) is 14.7. The van der Waals surface area contributed by atoms with Crippen LogP contribution in [0.15, 0.2) is 58.4 Å². The first-order valence-electron chi connectivity index (χ1n) is 7.94. The minimum absolute atomic E-state index is 0.241. The molecule has 0 atom stereocenters. The van der Waals surface area contributed by atoms with E-state index < -0.39 is 10.0 Å². The van der Waals surface area contributed by atoms with Crippen molar-refractivity contribution in [3.63, 3.8) is 0 Å². The molecule has 2 aromatic carbocycles. The van der Waals surface area contributed by atoms with Gasteiger partial charge in [0, 0.05) is 18.8 Å². The van der Waals surface area contributed by atoms with E-state index in [0.717, 1.165) is 29.8 Å². The first kappa shape index (κ1) is 16.5. The van der Waals surface area contributed by atoms with E-state index >= 15 is 0 Å². The Balaban J connectivity index is 1.87. The van der Waals surface area contributed by atoms with Crippen LogP contribution < -0.4 is 9.62 Å². The van der Waals surface area contributed by atoms with Crippen molar-refractivity contribution < 1.29 is 8.42 Å². The predicted molar refractivity (Wildman–Crippen MR) is 96.9 cm³/mol. The van der Waals surface area contributed by atoms with E-state index in [1.807, 2.05) is 43.0 Å². The summed E-state index contributed by atoms with van der Waals surface area (Å²) in [7, 11) is -3.65. The Morgan fingerprint density at radius 2 is 1.54 bits per heavy atom. The molecule has 0 radical (unpaired) electrons. The fourth-order valence-corrected chi connectivity index (χ4v) is 3.59. The van der Waals surface area contributed by atoms with Crippen LogP contribution in [0.25, 0.3) is 0 Å². The van der Waals surface area contributed by atoms with Crippen molar-refractivity contribution >= 4 is 21.7 Å². The molecule has 1 aliphatic heterocycles. The van der Waals surface area contributed by atoms with Crippen LogP contribution in [0.2, 0.25) is 0 Å². The highest BCUT2D eigenvalue weighted by Gasteiger charge is 2.23. The van der Waals surface area contributed by atoms with Gasteiger partial charge in [-0.1, -0.05) is 35.4 Å². The van der Waals surface area contributed by atoms with Crippen molar-refractivity contribution in [2.24, 2.45) is 4.99 Å². The molecule has 0 amide bonds. The molecule has 0 saturated carbocycles. The molecule has 0 aliphatic carbocycles. The molecule has 126 valence electrons. The maximum absolute atomic E-state index is 12.6. The van der Waals surface area contributed by atoms with Gasteiger partial charge in [-0.15, -0.1) is 0 Å². The maximum Gasteiger partial charge on any atom is 0.264 e. The zero-order chi connectivity index (χ0) is 17.2. The Bertz CT molecular complexity index is 841. The molecule has 1 N–H and O–H groups in total. The molecule has 1 heterocycles. The fourth-order valence-electron chi connectivity index (χ4n) is 2.57. The van der Waals surface area contributed by atoms with E-state index in [-0.39, 0.29) is 4.90 Å². The molecular formula is C18H21N3O2S. The third-order valence-electron chi connectivity index (χ3n) is 3.96. The second-order valence-electron chi connectivity index (χ2n) is 5.96. The number of rotatable bonds is 3. The lowest BCUT2D eigenvalue weighted by Gasteiger charge is -2.29. The normalized spacial score (nSPS) is 15.1. The molecule has 24 heavy (non-hydrogen) atoms. The highest BCUT2D eigenvalue weighted by molar-refractivity contribution is 7.90. The first-order valence-corrected chi connectivity index (χ1v) is 9.42. The van der Waals surface area contributed by atoms with E-state index in [2.05, 4.69) is 9.71 Å². The van der Waals surface area contributed by atoms with Crippen LogP contribution in [0.3, 0.4) is 0 Å². The van der Waals surface area contributed by atoms with Gasteiger partial charge in [0.1, 0.15) is 0 Å². The van der Waals surface area contributed by atoms with Crippen molar-refractivity contribution in [3.05, 3.63) is 59.7 Å². The molecule has 6 heteroatoms. The molecule has 5 nitrogen and oxygen atoms in total. The molecule has 3 rings (SSSR count). The number of hydrogen-bond acceptors (Lipinski definition) is 4. The Labute approximate surface area is 143 Å². The van der Waals surface area contributed by atoms with Crippen LogP contribution in [0.1, 0.15) is 17.5 Å². The van der Waals surface area contributed by atoms with Crippen molar-refractivity contribution in [2.75, 3.05) is 18.0 Å². The summed E-state index contributed by atoms with van der Waals surface area (Å²) < 4.78 is 27.9. The van der Waals surface area contributed by atoms with Gasteiger partial charge in [0.15, 0.2) is 0 Å². The van der Waals surface area contributed by atoms with Crippen molar-refractivity contribution in [1.82, 2.24) is 4.72 Å². The highest BCUT2D eigenvalue weighted by Crippen LogP contribution is 2.19. The number of nitrogens with zero attached hydrogens (tertiary/aromatic N) is 2. The third kappa shape index (κ3) is 3.59. The molecule has 0 fully saturated rings. The summed E-state index contributed by atoms with van der Waals surface area (Å²) in [5, 5.41) is 0. The summed E-state index contributed by atoms with van der Waals surface area (Å²) in [4.78, 5) is 6.54. The molecular weight excluding hydrogens is 322 g/mol. The highest BCUT2D eigenvalue weighted by atomic mass is 32.2. The van der Waals surface area contributed by atoms with Gasteiger partial charge >= 0.3 is 0 Å². The number of nitrogens with one attached hydrogen (secondary N) is 1. The van der Waals surface area contributed by atoms with Crippen molar-refractivity contribution in [2.45, 2.75) is 25.2 Å². The summed E-state index contributed by atoms with van der Waals surface area (Å²) >= 11 is 0. The summed E-state index contributed by atoms with van der Waals surface area (Å²) in [6, 6.07) is 14.8. The minimum atomic E-state index is -3.65. The van der Waals surface area contributed by atoms with E-state index in [9.17, 15) is 8.42 Å². The topological polar surface area (TPSA) is 61.8 Å². The second kappa shape index (κ2) is 6.65. The number of aryl methyl sites for hydroxylation is 2. The quantitative estimate of drug-likeness (QED) is 0.932. The van der Waals surface area contributed by atoms with E-state index in [4.69, 9.17) is 0 Å². The number of aliphatic imine (C=N–C) groups is 1. The molecule has 0 saturated heterocycles. The van der Waals surface area contributed by atoms with Crippen LogP contribution in [0, 0.1) is 13.8 Å². The molecule has 1 aliphatic rings. The van der Waals surface area contributed by atoms with Gasteiger partial charge in [0.05, 0.1) is 4.90 Å². The van der Waals surface area contributed by atoms with Gasteiger partial charge in [-0.25, -0.2) is 13.1 Å². The molecule has 0 aromatic heterocycles. The smallest absolute Gasteiger partial charge is 0.264 e. The summed E-state index contributed by atoms with van der Waals surface area (Å²) in [5.74, 6) is 0.380. The monoisotopic (exact) mass is 343 g/mol. The Hall–Kier alpha value is -2.34. The lowest BCUT2D eigenvalue weighted by atomic mass is 10.2. The van der Waals surface area contributed by atoms with Crippen molar-refractivity contribution in [1.29, 1.82) is 0 Å². The fraction of sp³-hybridized carbons (Fsp3) is 0.278. The van der Waals surface area contributed by atoms with E-state index in [1.165, 1.54) is 0 Å². The summed E-state index contributed by atoms with van der Waals surface area (Å²) in [6.07, 6.45) is 0.892. The summed E-state index contributed by atoms with van der Waals surface area (Å²) in [6.45, 7) is 5.30. The van der Waals surface area contributed by atoms with E-state index in [0.29, 0.717) is 12.5 Å². The van der Waals surface area contributed by atoms with Gasteiger partial charge < -0.3 is 4.90 Å².